The third-order valence-corrected chi connectivity index (χ3v) is 3.64. The number of rotatable bonds is 1. The number of ether oxygens (including phenoxy) is 1. The average molecular weight is 197 g/mol. The summed E-state index contributed by atoms with van der Waals surface area (Å²) in [6.45, 7) is 3.91. The van der Waals surface area contributed by atoms with Gasteiger partial charge in [0.05, 0.1) is 6.10 Å². The number of nitrogens with one attached hydrogen (secondary N) is 1. The highest BCUT2D eigenvalue weighted by atomic mass is 16.5. The van der Waals surface area contributed by atoms with Crippen LogP contribution < -0.4 is 5.32 Å². The van der Waals surface area contributed by atoms with Gasteiger partial charge in [0.1, 0.15) is 0 Å². The normalized spacial score (nSPS) is 38.4. The van der Waals surface area contributed by atoms with E-state index in [4.69, 9.17) is 4.74 Å². The smallest absolute Gasteiger partial charge is 0.220 e. The van der Waals surface area contributed by atoms with Gasteiger partial charge in [-0.2, -0.15) is 0 Å². The molecule has 14 heavy (non-hydrogen) atoms. The molecule has 0 aromatic rings. The zero-order valence-electron chi connectivity index (χ0n) is 8.84. The maximum Gasteiger partial charge on any atom is 0.220 e. The fraction of sp³-hybridized carbons (Fsp3) is 0.909. The highest BCUT2D eigenvalue weighted by molar-refractivity contribution is 5.76. The maximum atomic E-state index is 11.1. The van der Waals surface area contributed by atoms with Crippen molar-refractivity contribution in [1.29, 1.82) is 0 Å². The summed E-state index contributed by atoms with van der Waals surface area (Å²) < 4.78 is 5.67. The molecule has 2 aliphatic rings. The van der Waals surface area contributed by atoms with Gasteiger partial charge in [-0.1, -0.05) is 6.92 Å². The number of hydrogen-bond acceptors (Lipinski definition) is 2. The van der Waals surface area contributed by atoms with Gasteiger partial charge in [0.2, 0.25) is 5.91 Å². The van der Waals surface area contributed by atoms with Gasteiger partial charge in [-0.15, -0.1) is 0 Å². The van der Waals surface area contributed by atoms with E-state index in [2.05, 4.69) is 12.2 Å². The van der Waals surface area contributed by atoms with E-state index in [-0.39, 0.29) is 5.91 Å². The molecule has 0 bridgehead atoms. The standard InChI is InChI=1S/C11H19NO2/c1-2-9-7-11(5-6-14-9)4-3-10(13)12-8-11/h9H,2-8H2,1H3,(H,12,13). The zero-order chi connectivity index (χ0) is 10.0. The zero-order valence-corrected chi connectivity index (χ0v) is 8.84. The molecule has 0 aromatic carbocycles. The first-order chi connectivity index (χ1) is 6.74. The topological polar surface area (TPSA) is 38.3 Å². The van der Waals surface area contributed by atoms with Gasteiger partial charge in [-0.3, -0.25) is 4.79 Å². The summed E-state index contributed by atoms with van der Waals surface area (Å²) in [6.07, 6.45) is 5.51. The minimum Gasteiger partial charge on any atom is -0.378 e. The number of carbonyl (C=O) groups excluding carboxylic acids is 1. The minimum absolute atomic E-state index is 0.218. The number of piperidine rings is 1. The van der Waals surface area contributed by atoms with Gasteiger partial charge >= 0.3 is 0 Å². The Morgan fingerprint density at radius 2 is 2.43 bits per heavy atom. The second kappa shape index (κ2) is 3.89. The Hall–Kier alpha value is -0.570. The molecule has 80 valence electrons. The Bertz CT molecular complexity index is 217. The van der Waals surface area contributed by atoms with Crippen molar-refractivity contribution in [3.63, 3.8) is 0 Å². The summed E-state index contributed by atoms with van der Waals surface area (Å²) in [6, 6.07) is 0. The molecule has 2 aliphatic heterocycles. The second-order valence-electron chi connectivity index (χ2n) is 4.63. The maximum absolute atomic E-state index is 11.1. The van der Waals surface area contributed by atoms with Gasteiger partial charge < -0.3 is 10.1 Å². The second-order valence-corrected chi connectivity index (χ2v) is 4.63. The summed E-state index contributed by atoms with van der Waals surface area (Å²) in [5.74, 6) is 0.218. The molecule has 2 atom stereocenters. The summed E-state index contributed by atoms with van der Waals surface area (Å²) in [5, 5.41) is 2.99. The number of amides is 1. The molecular formula is C11H19NO2. The molecule has 2 heterocycles. The van der Waals surface area contributed by atoms with Crippen molar-refractivity contribution in [3.05, 3.63) is 0 Å². The molecule has 3 heteroatoms. The molecule has 0 radical (unpaired) electrons. The van der Waals surface area contributed by atoms with Crippen LogP contribution in [0.5, 0.6) is 0 Å². The molecular weight excluding hydrogens is 178 g/mol. The Labute approximate surface area is 85.2 Å². The van der Waals surface area contributed by atoms with Crippen LogP contribution in [-0.4, -0.2) is 25.2 Å². The van der Waals surface area contributed by atoms with E-state index in [1.165, 1.54) is 0 Å². The van der Waals surface area contributed by atoms with E-state index < -0.39 is 0 Å². The van der Waals surface area contributed by atoms with Crippen LogP contribution in [0.3, 0.4) is 0 Å². The highest BCUT2D eigenvalue weighted by Crippen LogP contribution is 2.39. The first-order valence-corrected chi connectivity index (χ1v) is 5.62. The van der Waals surface area contributed by atoms with Gasteiger partial charge in [-0.25, -0.2) is 0 Å². The van der Waals surface area contributed by atoms with E-state index in [0.29, 0.717) is 17.9 Å². The van der Waals surface area contributed by atoms with E-state index >= 15 is 0 Å². The van der Waals surface area contributed by atoms with Crippen molar-refractivity contribution in [2.45, 2.75) is 45.1 Å². The Balaban J connectivity index is 1.97. The Morgan fingerprint density at radius 1 is 1.57 bits per heavy atom. The van der Waals surface area contributed by atoms with Crippen molar-refractivity contribution < 1.29 is 9.53 Å². The van der Waals surface area contributed by atoms with Crippen LogP contribution in [0.25, 0.3) is 0 Å². The van der Waals surface area contributed by atoms with Crippen molar-refractivity contribution in [3.8, 4) is 0 Å². The molecule has 2 rings (SSSR count). The molecule has 2 saturated heterocycles. The van der Waals surface area contributed by atoms with Crippen LogP contribution in [0, 0.1) is 5.41 Å². The van der Waals surface area contributed by atoms with Gasteiger partial charge in [0.15, 0.2) is 0 Å². The Kier molecular flexibility index (Phi) is 2.77. The third-order valence-electron chi connectivity index (χ3n) is 3.64. The van der Waals surface area contributed by atoms with Crippen molar-refractivity contribution in [2.75, 3.05) is 13.2 Å². The molecule has 0 aliphatic carbocycles. The summed E-state index contributed by atoms with van der Waals surface area (Å²) in [5.41, 5.74) is 0.354. The Morgan fingerprint density at radius 3 is 3.07 bits per heavy atom. The van der Waals surface area contributed by atoms with Gasteiger partial charge in [0, 0.05) is 19.6 Å². The largest absolute Gasteiger partial charge is 0.378 e. The molecule has 2 fully saturated rings. The first kappa shape index (κ1) is 9.97. The van der Waals surface area contributed by atoms with E-state index in [0.717, 1.165) is 38.8 Å². The minimum atomic E-state index is 0.218. The van der Waals surface area contributed by atoms with Crippen LogP contribution in [0.4, 0.5) is 0 Å². The molecule has 3 nitrogen and oxygen atoms in total. The molecule has 1 spiro atoms. The van der Waals surface area contributed by atoms with E-state index in [9.17, 15) is 4.79 Å². The molecule has 1 amide bonds. The summed E-state index contributed by atoms with van der Waals surface area (Å²) in [7, 11) is 0. The average Bonchev–Trinajstić information content (AvgIpc) is 2.23. The van der Waals surface area contributed by atoms with Crippen LogP contribution in [0.15, 0.2) is 0 Å². The van der Waals surface area contributed by atoms with Crippen molar-refractivity contribution in [1.82, 2.24) is 5.32 Å². The number of carbonyl (C=O) groups is 1. The predicted molar refractivity (Wildman–Crippen MR) is 53.9 cm³/mol. The number of hydrogen-bond donors (Lipinski definition) is 1. The molecule has 2 unspecified atom stereocenters. The van der Waals surface area contributed by atoms with Crippen molar-refractivity contribution in [2.24, 2.45) is 5.41 Å². The van der Waals surface area contributed by atoms with E-state index in [1.807, 2.05) is 0 Å². The molecule has 0 saturated carbocycles. The van der Waals surface area contributed by atoms with Crippen LogP contribution in [-0.2, 0) is 9.53 Å². The highest BCUT2D eigenvalue weighted by Gasteiger charge is 2.39. The molecule has 0 aromatic heterocycles. The fourth-order valence-electron chi connectivity index (χ4n) is 2.58. The lowest BCUT2D eigenvalue weighted by Crippen LogP contribution is -2.48. The van der Waals surface area contributed by atoms with Crippen LogP contribution in [0.1, 0.15) is 39.0 Å². The molecule has 1 N–H and O–H groups in total. The van der Waals surface area contributed by atoms with Crippen molar-refractivity contribution >= 4 is 5.91 Å². The van der Waals surface area contributed by atoms with Crippen LogP contribution >= 0.6 is 0 Å². The predicted octanol–water partition coefficient (Wildman–Crippen LogP) is 1.47. The quantitative estimate of drug-likeness (QED) is 0.691. The monoisotopic (exact) mass is 197 g/mol. The summed E-state index contributed by atoms with van der Waals surface area (Å²) >= 11 is 0. The van der Waals surface area contributed by atoms with Crippen LogP contribution in [0.2, 0.25) is 0 Å². The van der Waals surface area contributed by atoms with Gasteiger partial charge in [-0.05, 0) is 31.1 Å². The lowest BCUT2D eigenvalue weighted by Gasteiger charge is -2.43. The first-order valence-electron chi connectivity index (χ1n) is 5.62. The van der Waals surface area contributed by atoms with E-state index in [1.54, 1.807) is 0 Å². The summed E-state index contributed by atoms with van der Waals surface area (Å²) in [4.78, 5) is 11.1. The SMILES string of the molecule is CCC1CC2(CCO1)CCC(=O)NC2. The van der Waals surface area contributed by atoms with Gasteiger partial charge in [0.25, 0.3) is 0 Å². The fourth-order valence-corrected chi connectivity index (χ4v) is 2.58. The third kappa shape index (κ3) is 1.92. The lowest BCUT2D eigenvalue weighted by atomic mass is 9.72. The lowest BCUT2D eigenvalue weighted by molar-refractivity contribution is -0.127.